The number of benzene rings is 1. The third-order valence-corrected chi connectivity index (χ3v) is 4.34. The molecule has 0 unspecified atom stereocenters. The van der Waals surface area contributed by atoms with Gasteiger partial charge in [0, 0.05) is 25.1 Å². The van der Waals surface area contributed by atoms with Crippen LogP contribution in [0.1, 0.15) is 44.9 Å². The zero-order valence-electron chi connectivity index (χ0n) is 14.0. The van der Waals surface area contributed by atoms with E-state index in [1.54, 1.807) is 0 Å². The van der Waals surface area contributed by atoms with Crippen molar-refractivity contribution < 1.29 is 9.47 Å². The predicted octanol–water partition coefficient (Wildman–Crippen LogP) is 3.28. The molecule has 2 aromatic rings. The van der Waals surface area contributed by atoms with Crippen molar-refractivity contribution in [3.8, 4) is 11.5 Å². The van der Waals surface area contributed by atoms with Gasteiger partial charge in [0.2, 0.25) is 0 Å². The van der Waals surface area contributed by atoms with Crippen LogP contribution in [-0.4, -0.2) is 29.3 Å². The first-order valence-electron chi connectivity index (χ1n) is 8.82. The van der Waals surface area contributed by atoms with Crippen LogP contribution in [0.3, 0.4) is 0 Å². The van der Waals surface area contributed by atoms with Crippen molar-refractivity contribution in [2.24, 2.45) is 5.73 Å². The van der Waals surface area contributed by atoms with Gasteiger partial charge in [-0.3, -0.25) is 0 Å². The fourth-order valence-electron chi connectivity index (χ4n) is 3.15. The molecule has 0 spiro atoms. The van der Waals surface area contributed by atoms with Crippen LogP contribution in [-0.2, 0) is 13.0 Å². The van der Waals surface area contributed by atoms with Gasteiger partial charge in [0.15, 0.2) is 11.5 Å². The highest BCUT2D eigenvalue weighted by atomic mass is 16.6. The zero-order valence-corrected chi connectivity index (χ0v) is 14.0. The second-order valence-electron chi connectivity index (χ2n) is 6.12. The first-order valence-corrected chi connectivity index (χ1v) is 8.82. The van der Waals surface area contributed by atoms with Gasteiger partial charge in [0.1, 0.15) is 19.0 Å². The quantitative estimate of drug-likeness (QED) is 0.759. The van der Waals surface area contributed by atoms with E-state index in [4.69, 9.17) is 20.2 Å². The van der Waals surface area contributed by atoms with Gasteiger partial charge in [-0.15, -0.1) is 0 Å². The Morgan fingerprint density at radius 1 is 1.09 bits per heavy atom. The molecule has 0 bridgehead atoms. The molecule has 3 rings (SSSR count). The third kappa shape index (κ3) is 3.61. The summed E-state index contributed by atoms with van der Waals surface area (Å²) in [6.45, 7) is 5.07. The van der Waals surface area contributed by atoms with Gasteiger partial charge in [-0.2, -0.15) is 0 Å². The minimum atomic E-state index is 0.603. The number of aryl methyl sites for hydroxylation is 1. The Kier molecular flexibility index (Phi) is 5.39. The summed E-state index contributed by atoms with van der Waals surface area (Å²) in [6.07, 6.45) is 7.14. The largest absolute Gasteiger partial charge is 0.486 e. The summed E-state index contributed by atoms with van der Waals surface area (Å²) in [5.41, 5.74) is 7.88. The Balaban J connectivity index is 1.85. The summed E-state index contributed by atoms with van der Waals surface area (Å²) < 4.78 is 13.7. The lowest BCUT2D eigenvalue weighted by Gasteiger charge is -2.18. The maximum atomic E-state index is 5.77. The van der Waals surface area contributed by atoms with Crippen LogP contribution in [0, 0.1) is 0 Å². The molecular formula is C18H27N3O2. The smallest absolute Gasteiger partial charge is 0.163 e. The van der Waals surface area contributed by atoms with E-state index < -0.39 is 0 Å². The molecule has 2 heterocycles. The van der Waals surface area contributed by atoms with Crippen LogP contribution < -0.4 is 15.2 Å². The normalized spacial score (nSPS) is 13.7. The second-order valence-corrected chi connectivity index (χ2v) is 6.12. The number of imidazole rings is 1. The summed E-state index contributed by atoms with van der Waals surface area (Å²) >= 11 is 0. The highest BCUT2D eigenvalue weighted by molar-refractivity contribution is 5.80. The first kappa shape index (κ1) is 16.1. The van der Waals surface area contributed by atoms with Crippen LogP contribution in [0.2, 0.25) is 0 Å². The van der Waals surface area contributed by atoms with Crippen LogP contribution >= 0.6 is 0 Å². The van der Waals surface area contributed by atoms with Gasteiger partial charge in [0.05, 0.1) is 11.0 Å². The molecule has 0 saturated carbocycles. The average molecular weight is 317 g/mol. The Morgan fingerprint density at radius 3 is 2.57 bits per heavy atom. The van der Waals surface area contributed by atoms with Crippen molar-refractivity contribution in [2.75, 3.05) is 19.8 Å². The van der Waals surface area contributed by atoms with Crippen molar-refractivity contribution in [1.82, 2.24) is 9.55 Å². The topological polar surface area (TPSA) is 62.3 Å². The van der Waals surface area contributed by atoms with Crippen molar-refractivity contribution in [1.29, 1.82) is 0 Å². The minimum Gasteiger partial charge on any atom is -0.486 e. The number of unbranched alkanes of at least 4 members (excludes halogenated alkanes) is 4. The van der Waals surface area contributed by atoms with Crippen molar-refractivity contribution in [3.05, 3.63) is 18.0 Å². The lowest BCUT2D eigenvalue weighted by atomic mass is 10.1. The molecule has 0 fully saturated rings. The molecule has 1 aromatic carbocycles. The molecule has 126 valence electrons. The van der Waals surface area contributed by atoms with Gasteiger partial charge in [-0.05, 0) is 13.0 Å². The maximum Gasteiger partial charge on any atom is 0.163 e. The second kappa shape index (κ2) is 7.68. The molecular weight excluding hydrogens is 290 g/mol. The molecule has 23 heavy (non-hydrogen) atoms. The number of hydrogen-bond donors (Lipinski definition) is 1. The standard InChI is InChI=1S/C18H27N3O2/c1-2-3-4-5-6-9-21-15-13-17-16(22-10-11-23-17)12-14(15)20-18(21)7-8-19/h12-13H,2-11,19H2,1H3. The fourth-order valence-corrected chi connectivity index (χ4v) is 3.15. The lowest BCUT2D eigenvalue weighted by molar-refractivity contribution is 0.172. The van der Waals surface area contributed by atoms with E-state index in [1.807, 2.05) is 6.07 Å². The Morgan fingerprint density at radius 2 is 1.83 bits per heavy atom. The average Bonchev–Trinajstić information content (AvgIpc) is 2.89. The Bertz CT molecular complexity index is 651. The Labute approximate surface area is 137 Å². The van der Waals surface area contributed by atoms with Crippen LogP contribution in [0.25, 0.3) is 11.0 Å². The number of ether oxygens (including phenoxy) is 2. The van der Waals surface area contributed by atoms with E-state index >= 15 is 0 Å². The van der Waals surface area contributed by atoms with E-state index in [0.29, 0.717) is 19.8 Å². The molecule has 0 radical (unpaired) electrons. The molecule has 0 saturated heterocycles. The van der Waals surface area contributed by atoms with Gasteiger partial charge >= 0.3 is 0 Å². The molecule has 0 aliphatic carbocycles. The molecule has 2 N–H and O–H groups in total. The van der Waals surface area contributed by atoms with Crippen molar-refractivity contribution in [3.63, 3.8) is 0 Å². The maximum absolute atomic E-state index is 5.77. The van der Waals surface area contributed by atoms with Crippen LogP contribution in [0.5, 0.6) is 11.5 Å². The number of rotatable bonds is 8. The zero-order chi connectivity index (χ0) is 16.1. The van der Waals surface area contributed by atoms with Gasteiger partial charge in [-0.1, -0.05) is 32.6 Å². The molecule has 1 aliphatic heterocycles. The van der Waals surface area contributed by atoms with Crippen LogP contribution in [0.15, 0.2) is 12.1 Å². The van der Waals surface area contributed by atoms with Gasteiger partial charge < -0.3 is 19.8 Å². The SMILES string of the molecule is CCCCCCCn1c(CCN)nc2cc3c(cc21)OCCO3. The summed E-state index contributed by atoms with van der Waals surface area (Å²) in [5.74, 6) is 2.70. The number of nitrogens with two attached hydrogens (primary N) is 1. The van der Waals surface area contributed by atoms with E-state index in [0.717, 1.165) is 41.3 Å². The summed E-state index contributed by atoms with van der Waals surface area (Å²) in [7, 11) is 0. The molecule has 5 nitrogen and oxygen atoms in total. The monoisotopic (exact) mass is 317 g/mol. The first-order chi connectivity index (χ1) is 11.3. The fraction of sp³-hybridized carbons (Fsp3) is 0.611. The number of fused-ring (bicyclic) bond motifs is 2. The van der Waals surface area contributed by atoms with Crippen LogP contribution in [0.4, 0.5) is 0 Å². The van der Waals surface area contributed by atoms with E-state index in [1.165, 1.54) is 32.1 Å². The van der Waals surface area contributed by atoms with Gasteiger partial charge in [-0.25, -0.2) is 4.98 Å². The highest BCUT2D eigenvalue weighted by Gasteiger charge is 2.17. The third-order valence-electron chi connectivity index (χ3n) is 4.34. The number of aromatic nitrogens is 2. The summed E-state index contributed by atoms with van der Waals surface area (Å²) in [5, 5.41) is 0. The summed E-state index contributed by atoms with van der Waals surface area (Å²) in [6, 6.07) is 4.07. The molecule has 0 atom stereocenters. The predicted molar refractivity (Wildman–Crippen MR) is 92.2 cm³/mol. The highest BCUT2D eigenvalue weighted by Crippen LogP contribution is 2.35. The molecule has 5 heteroatoms. The molecule has 0 amide bonds. The van der Waals surface area contributed by atoms with E-state index in [9.17, 15) is 0 Å². The molecule has 1 aromatic heterocycles. The molecule has 1 aliphatic rings. The Hall–Kier alpha value is -1.75. The van der Waals surface area contributed by atoms with E-state index in [2.05, 4.69) is 17.6 Å². The van der Waals surface area contributed by atoms with Gasteiger partial charge in [0.25, 0.3) is 0 Å². The van der Waals surface area contributed by atoms with E-state index in [-0.39, 0.29) is 0 Å². The number of nitrogens with zero attached hydrogens (tertiary/aromatic N) is 2. The van der Waals surface area contributed by atoms with Crippen molar-refractivity contribution >= 4 is 11.0 Å². The lowest BCUT2D eigenvalue weighted by Crippen LogP contribution is -2.15. The van der Waals surface area contributed by atoms with Crippen molar-refractivity contribution in [2.45, 2.75) is 52.0 Å². The summed E-state index contributed by atoms with van der Waals surface area (Å²) in [4.78, 5) is 4.77. The minimum absolute atomic E-state index is 0.603. The number of hydrogen-bond acceptors (Lipinski definition) is 4.